The minimum absolute atomic E-state index is 0.0125. The molecule has 2 aromatic carbocycles. The summed E-state index contributed by atoms with van der Waals surface area (Å²) >= 11 is 5.97. The highest BCUT2D eigenvalue weighted by atomic mass is 35.5. The van der Waals surface area contributed by atoms with Crippen LogP contribution in [-0.4, -0.2) is 35.8 Å². The number of piperidine rings is 1. The molecule has 1 N–H and O–H groups in total. The van der Waals surface area contributed by atoms with Gasteiger partial charge in [0, 0.05) is 23.7 Å². The van der Waals surface area contributed by atoms with Crippen LogP contribution in [0.5, 0.6) is 0 Å². The first-order valence-electron chi connectivity index (χ1n) is 10.6. The molecule has 1 aliphatic rings. The predicted molar refractivity (Wildman–Crippen MR) is 117 cm³/mol. The molecule has 31 heavy (non-hydrogen) atoms. The summed E-state index contributed by atoms with van der Waals surface area (Å²) in [6.07, 6.45) is 2.35. The van der Waals surface area contributed by atoms with Crippen LogP contribution in [0.3, 0.4) is 0 Å². The van der Waals surface area contributed by atoms with E-state index in [-0.39, 0.29) is 17.4 Å². The molecule has 0 aromatic heterocycles. The summed E-state index contributed by atoms with van der Waals surface area (Å²) in [5, 5.41) is 3.44. The summed E-state index contributed by atoms with van der Waals surface area (Å²) in [5.74, 6) is -2.58. The second kappa shape index (κ2) is 10.2. The fourth-order valence-corrected chi connectivity index (χ4v) is 4.04. The number of halogens is 3. The molecule has 1 aliphatic heterocycles. The lowest BCUT2D eigenvalue weighted by molar-refractivity contribution is -0.135. The predicted octanol–water partition coefficient (Wildman–Crippen LogP) is 5.17. The van der Waals surface area contributed by atoms with E-state index in [1.165, 1.54) is 11.6 Å². The maximum Gasteiger partial charge on any atom is 0.252 e. The Kier molecular flexibility index (Phi) is 7.65. The second-order valence-corrected chi connectivity index (χ2v) is 8.55. The molecule has 0 spiro atoms. The van der Waals surface area contributed by atoms with E-state index in [0.29, 0.717) is 30.5 Å². The highest BCUT2D eigenvalue weighted by Crippen LogP contribution is 2.29. The van der Waals surface area contributed by atoms with E-state index in [1.54, 1.807) is 4.90 Å². The monoisotopic (exact) mass is 448 g/mol. The molecule has 1 saturated heterocycles. The van der Waals surface area contributed by atoms with Crippen LogP contribution < -0.4 is 5.32 Å². The highest BCUT2D eigenvalue weighted by Gasteiger charge is 2.32. The van der Waals surface area contributed by atoms with E-state index >= 15 is 0 Å². The fraction of sp³-hybridized carbons (Fsp3) is 0.417. The second-order valence-electron chi connectivity index (χ2n) is 8.12. The van der Waals surface area contributed by atoms with Crippen molar-refractivity contribution in [3.8, 4) is 0 Å². The minimum atomic E-state index is -1.09. The van der Waals surface area contributed by atoms with E-state index in [4.69, 9.17) is 11.6 Å². The first-order valence-corrected chi connectivity index (χ1v) is 11.0. The molecule has 3 rings (SSSR count). The molecule has 1 heterocycles. The average Bonchev–Trinajstić information content (AvgIpc) is 2.78. The molecule has 7 heteroatoms. The van der Waals surface area contributed by atoms with Crippen molar-refractivity contribution in [2.24, 2.45) is 5.92 Å². The van der Waals surface area contributed by atoms with E-state index in [9.17, 15) is 18.4 Å². The molecule has 2 atom stereocenters. The van der Waals surface area contributed by atoms with Crippen molar-refractivity contribution in [1.82, 2.24) is 10.2 Å². The number of amides is 2. The third kappa shape index (κ3) is 5.62. The van der Waals surface area contributed by atoms with Gasteiger partial charge in [0.2, 0.25) is 5.91 Å². The third-order valence-corrected chi connectivity index (χ3v) is 6.35. The van der Waals surface area contributed by atoms with E-state index in [1.807, 2.05) is 38.1 Å². The van der Waals surface area contributed by atoms with Gasteiger partial charge in [-0.1, -0.05) is 44.0 Å². The number of nitrogens with zero attached hydrogens (tertiary/aromatic N) is 1. The Morgan fingerprint density at radius 1 is 1.10 bits per heavy atom. The van der Waals surface area contributed by atoms with Gasteiger partial charge in [0.05, 0.1) is 0 Å². The van der Waals surface area contributed by atoms with Gasteiger partial charge in [-0.3, -0.25) is 9.59 Å². The zero-order valence-corrected chi connectivity index (χ0v) is 18.5. The Morgan fingerprint density at radius 3 is 2.32 bits per heavy atom. The van der Waals surface area contributed by atoms with E-state index in [0.717, 1.165) is 25.0 Å². The summed E-state index contributed by atoms with van der Waals surface area (Å²) in [7, 11) is 0. The Morgan fingerprint density at radius 2 is 1.74 bits per heavy atom. The molecule has 1 fully saturated rings. The topological polar surface area (TPSA) is 49.4 Å². The molecule has 2 aromatic rings. The summed E-state index contributed by atoms with van der Waals surface area (Å²) in [5.41, 5.74) is 1.20. The molecule has 0 unspecified atom stereocenters. The minimum Gasteiger partial charge on any atom is -0.341 e. The van der Waals surface area contributed by atoms with Crippen LogP contribution in [-0.2, 0) is 4.79 Å². The zero-order chi connectivity index (χ0) is 22.5. The van der Waals surface area contributed by atoms with Gasteiger partial charge in [-0.2, -0.15) is 0 Å². The van der Waals surface area contributed by atoms with Crippen LogP contribution in [0.4, 0.5) is 8.78 Å². The zero-order valence-electron chi connectivity index (χ0n) is 17.7. The van der Waals surface area contributed by atoms with Crippen LogP contribution in [0.2, 0.25) is 5.02 Å². The number of hydrogen-bond acceptors (Lipinski definition) is 2. The van der Waals surface area contributed by atoms with Crippen molar-refractivity contribution < 1.29 is 18.4 Å². The number of nitrogens with one attached hydrogen (secondary N) is 1. The molecule has 2 amide bonds. The third-order valence-electron chi connectivity index (χ3n) is 6.10. The van der Waals surface area contributed by atoms with Crippen LogP contribution in [0.15, 0.2) is 42.5 Å². The molecule has 4 nitrogen and oxygen atoms in total. The largest absolute Gasteiger partial charge is 0.341 e. The lowest BCUT2D eigenvalue weighted by Gasteiger charge is -2.36. The van der Waals surface area contributed by atoms with Gasteiger partial charge >= 0.3 is 0 Å². The standard InChI is InChI=1S/C24H27ClF2N2O2/c1-3-15(2)22(28-23(30)18-6-9-20(26)21(27)14-18)24(31)29-12-10-17(11-13-29)16-4-7-19(25)8-5-16/h4-9,14-15,17,22H,3,10-13H2,1-2H3,(H,28,30)/t15-,22-/m1/s1. The van der Waals surface area contributed by atoms with Crippen molar-refractivity contribution in [2.75, 3.05) is 13.1 Å². The number of benzene rings is 2. The Labute approximate surface area is 186 Å². The van der Waals surface area contributed by atoms with Gasteiger partial charge in [0.25, 0.3) is 5.91 Å². The number of carbonyl (C=O) groups excluding carboxylic acids is 2. The van der Waals surface area contributed by atoms with Gasteiger partial charge < -0.3 is 10.2 Å². The highest BCUT2D eigenvalue weighted by molar-refractivity contribution is 6.30. The summed E-state index contributed by atoms with van der Waals surface area (Å²) in [4.78, 5) is 27.6. The number of hydrogen-bond donors (Lipinski definition) is 1. The molecule has 166 valence electrons. The van der Waals surface area contributed by atoms with E-state index < -0.39 is 23.6 Å². The van der Waals surface area contributed by atoms with Gasteiger partial charge in [-0.15, -0.1) is 0 Å². The van der Waals surface area contributed by atoms with Crippen LogP contribution in [0, 0.1) is 17.6 Å². The Balaban J connectivity index is 1.66. The first-order chi connectivity index (χ1) is 14.8. The van der Waals surface area contributed by atoms with Crippen LogP contribution >= 0.6 is 11.6 Å². The average molecular weight is 449 g/mol. The van der Waals surface area contributed by atoms with Gasteiger partial charge in [0.15, 0.2) is 11.6 Å². The lowest BCUT2D eigenvalue weighted by atomic mass is 9.88. The van der Waals surface area contributed by atoms with Crippen molar-refractivity contribution in [2.45, 2.75) is 45.1 Å². The summed E-state index contributed by atoms with van der Waals surface area (Å²) in [6.45, 7) is 5.04. The maximum atomic E-state index is 13.5. The van der Waals surface area contributed by atoms with Crippen molar-refractivity contribution in [1.29, 1.82) is 0 Å². The fourth-order valence-electron chi connectivity index (χ4n) is 3.91. The number of rotatable bonds is 6. The molecular formula is C24H27ClF2N2O2. The molecule has 0 saturated carbocycles. The van der Waals surface area contributed by atoms with E-state index in [2.05, 4.69) is 5.32 Å². The van der Waals surface area contributed by atoms with Crippen LogP contribution in [0.1, 0.15) is 54.9 Å². The normalized spacial score (nSPS) is 16.6. The quantitative estimate of drug-likeness (QED) is 0.662. The number of likely N-dealkylation sites (tertiary alicyclic amines) is 1. The van der Waals surface area contributed by atoms with Crippen molar-refractivity contribution in [3.05, 3.63) is 70.2 Å². The van der Waals surface area contributed by atoms with Gasteiger partial charge in [0.1, 0.15) is 6.04 Å². The Bertz CT molecular complexity index is 928. The molecule has 0 radical (unpaired) electrons. The Hall–Kier alpha value is -2.47. The SMILES string of the molecule is CC[C@@H](C)[C@@H](NC(=O)c1ccc(F)c(F)c1)C(=O)N1CCC(c2ccc(Cl)cc2)CC1. The molecule has 0 bridgehead atoms. The smallest absolute Gasteiger partial charge is 0.252 e. The van der Waals surface area contributed by atoms with Gasteiger partial charge in [-0.25, -0.2) is 8.78 Å². The van der Waals surface area contributed by atoms with Crippen LogP contribution in [0.25, 0.3) is 0 Å². The van der Waals surface area contributed by atoms with Crippen molar-refractivity contribution >= 4 is 23.4 Å². The number of carbonyl (C=O) groups is 2. The first kappa shape index (κ1) is 23.2. The summed E-state index contributed by atoms with van der Waals surface area (Å²) < 4.78 is 26.7. The molecular weight excluding hydrogens is 422 g/mol. The maximum absolute atomic E-state index is 13.5. The lowest BCUT2D eigenvalue weighted by Crippen LogP contribution is -2.53. The van der Waals surface area contributed by atoms with Crippen molar-refractivity contribution in [3.63, 3.8) is 0 Å². The molecule has 0 aliphatic carbocycles. The van der Waals surface area contributed by atoms with Gasteiger partial charge in [-0.05, 0) is 60.6 Å². The summed E-state index contributed by atoms with van der Waals surface area (Å²) in [6, 6.07) is 10.0.